The van der Waals surface area contributed by atoms with E-state index in [1.165, 1.54) is 12.8 Å². The summed E-state index contributed by atoms with van der Waals surface area (Å²) < 4.78 is 8.14. The molecule has 2 aromatic rings. The Morgan fingerprint density at radius 3 is 2.76 bits per heavy atom. The first-order valence-electron chi connectivity index (χ1n) is 7.79. The molecular formula is C17H23ClN2O. The summed E-state index contributed by atoms with van der Waals surface area (Å²) in [5, 5.41) is 0. The van der Waals surface area contributed by atoms with Crippen molar-refractivity contribution in [3.05, 3.63) is 24.0 Å². The predicted octanol–water partition coefficient (Wildman–Crippen LogP) is 4.36. The minimum Gasteiger partial charge on any atom is -0.492 e. The molecule has 0 atom stereocenters. The molecule has 1 aromatic carbocycles. The van der Waals surface area contributed by atoms with Crippen molar-refractivity contribution in [2.75, 3.05) is 12.5 Å². The highest BCUT2D eigenvalue weighted by Gasteiger charge is 2.41. The Labute approximate surface area is 131 Å². The van der Waals surface area contributed by atoms with Crippen LogP contribution < -0.4 is 4.74 Å². The summed E-state index contributed by atoms with van der Waals surface area (Å²) in [6.45, 7) is 7.29. The van der Waals surface area contributed by atoms with Gasteiger partial charge in [0.25, 0.3) is 0 Å². The minimum absolute atomic E-state index is 0.0843. The zero-order valence-electron chi connectivity index (χ0n) is 13.0. The van der Waals surface area contributed by atoms with Gasteiger partial charge in [-0.3, -0.25) is 0 Å². The summed E-state index contributed by atoms with van der Waals surface area (Å²) in [5.41, 5.74) is 2.22. The summed E-state index contributed by atoms with van der Waals surface area (Å²) in [6, 6.07) is 6.20. The third-order valence-corrected chi connectivity index (χ3v) is 4.68. The molecule has 1 saturated carbocycles. The van der Waals surface area contributed by atoms with Crippen molar-refractivity contribution >= 4 is 22.6 Å². The topological polar surface area (TPSA) is 27.1 Å². The third-order valence-electron chi connectivity index (χ3n) is 4.49. The number of halogens is 1. The van der Waals surface area contributed by atoms with Crippen LogP contribution in [0.25, 0.3) is 11.0 Å². The number of aryl methyl sites for hydroxylation is 1. The number of fused-ring (bicyclic) bond motifs is 1. The number of aromatic nitrogens is 2. The SMILES string of the molecule is CCOc1cccc2c1nc(CCCl)n2C(C)(C)C1CC1. The Kier molecular flexibility index (Phi) is 3.87. The fourth-order valence-corrected chi connectivity index (χ4v) is 3.43. The van der Waals surface area contributed by atoms with Gasteiger partial charge in [-0.25, -0.2) is 4.98 Å². The first kappa shape index (κ1) is 14.7. The van der Waals surface area contributed by atoms with Crippen LogP contribution in [-0.2, 0) is 12.0 Å². The van der Waals surface area contributed by atoms with Crippen LogP contribution in [0.1, 0.15) is 39.4 Å². The molecule has 0 saturated heterocycles. The van der Waals surface area contributed by atoms with Gasteiger partial charge in [0, 0.05) is 17.8 Å². The second-order valence-corrected chi connectivity index (χ2v) is 6.67. The smallest absolute Gasteiger partial charge is 0.147 e. The Bertz CT molecular complexity index is 644. The number of hydrogen-bond acceptors (Lipinski definition) is 2. The maximum Gasteiger partial charge on any atom is 0.147 e. The van der Waals surface area contributed by atoms with E-state index in [0.29, 0.717) is 12.5 Å². The van der Waals surface area contributed by atoms with Crippen LogP contribution in [0.15, 0.2) is 18.2 Å². The average molecular weight is 307 g/mol. The Balaban J connectivity index is 2.20. The second-order valence-electron chi connectivity index (χ2n) is 6.29. The monoisotopic (exact) mass is 306 g/mol. The maximum absolute atomic E-state index is 6.00. The highest BCUT2D eigenvalue weighted by atomic mass is 35.5. The van der Waals surface area contributed by atoms with E-state index >= 15 is 0 Å². The van der Waals surface area contributed by atoms with Gasteiger partial charge in [-0.1, -0.05) is 6.07 Å². The Morgan fingerprint density at radius 2 is 2.14 bits per heavy atom. The zero-order valence-corrected chi connectivity index (χ0v) is 13.8. The lowest BCUT2D eigenvalue weighted by molar-refractivity contribution is 0.305. The lowest BCUT2D eigenvalue weighted by Gasteiger charge is -2.29. The highest BCUT2D eigenvalue weighted by molar-refractivity contribution is 6.17. The lowest BCUT2D eigenvalue weighted by Crippen LogP contribution is -2.30. The van der Waals surface area contributed by atoms with Crippen molar-refractivity contribution in [2.24, 2.45) is 5.92 Å². The highest BCUT2D eigenvalue weighted by Crippen LogP contribution is 2.46. The van der Waals surface area contributed by atoms with E-state index in [4.69, 9.17) is 21.3 Å². The molecule has 0 bridgehead atoms. The first-order chi connectivity index (χ1) is 10.1. The number of imidazole rings is 1. The Hall–Kier alpha value is -1.22. The van der Waals surface area contributed by atoms with Crippen molar-refractivity contribution in [3.8, 4) is 5.75 Å². The van der Waals surface area contributed by atoms with Crippen LogP contribution in [0.2, 0.25) is 0 Å². The molecule has 0 radical (unpaired) electrons. The fourth-order valence-electron chi connectivity index (χ4n) is 3.26. The third kappa shape index (κ3) is 2.52. The van der Waals surface area contributed by atoms with E-state index < -0.39 is 0 Å². The molecule has 1 aromatic heterocycles. The summed E-state index contributed by atoms with van der Waals surface area (Å²) in [5.74, 6) is 3.27. The van der Waals surface area contributed by atoms with Crippen molar-refractivity contribution < 1.29 is 4.74 Å². The molecular weight excluding hydrogens is 284 g/mol. The van der Waals surface area contributed by atoms with Crippen LogP contribution in [0, 0.1) is 5.92 Å². The van der Waals surface area contributed by atoms with Gasteiger partial charge in [0.2, 0.25) is 0 Å². The van der Waals surface area contributed by atoms with Crippen LogP contribution in [0.5, 0.6) is 5.75 Å². The molecule has 1 heterocycles. The van der Waals surface area contributed by atoms with Gasteiger partial charge >= 0.3 is 0 Å². The number of para-hydroxylation sites is 1. The van der Waals surface area contributed by atoms with Gasteiger partial charge < -0.3 is 9.30 Å². The first-order valence-corrected chi connectivity index (χ1v) is 8.32. The van der Waals surface area contributed by atoms with Gasteiger partial charge in [0.15, 0.2) is 0 Å². The van der Waals surface area contributed by atoms with Crippen LogP contribution in [0.4, 0.5) is 0 Å². The van der Waals surface area contributed by atoms with Gasteiger partial charge in [-0.15, -0.1) is 11.6 Å². The van der Waals surface area contributed by atoms with Crippen LogP contribution >= 0.6 is 11.6 Å². The van der Waals surface area contributed by atoms with E-state index in [9.17, 15) is 0 Å². The molecule has 3 rings (SSSR count). The molecule has 1 aliphatic rings. The molecule has 0 unspecified atom stereocenters. The van der Waals surface area contributed by atoms with Crippen molar-refractivity contribution in [1.82, 2.24) is 9.55 Å². The number of hydrogen-bond donors (Lipinski definition) is 0. The normalized spacial score (nSPS) is 15.6. The lowest BCUT2D eigenvalue weighted by atomic mass is 9.97. The standard InChI is InChI=1S/C17H23ClN2O/c1-4-21-14-7-5-6-13-16(14)19-15(10-11-18)20(13)17(2,3)12-8-9-12/h5-7,12H,4,8-11H2,1-3H3. The van der Waals surface area contributed by atoms with E-state index in [2.05, 4.69) is 30.5 Å². The maximum atomic E-state index is 6.00. The Morgan fingerprint density at radius 1 is 1.38 bits per heavy atom. The van der Waals surface area contributed by atoms with E-state index in [1.54, 1.807) is 0 Å². The number of benzene rings is 1. The summed E-state index contributed by atoms with van der Waals surface area (Å²) in [6.07, 6.45) is 3.40. The van der Waals surface area contributed by atoms with Crippen molar-refractivity contribution in [2.45, 2.75) is 45.6 Å². The molecule has 1 fully saturated rings. The van der Waals surface area contributed by atoms with Crippen LogP contribution in [-0.4, -0.2) is 22.0 Å². The second kappa shape index (κ2) is 5.53. The molecule has 0 spiro atoms. The molecule has 0 amide bonds. The largest absolute Gasteiger partial charge is 0.492 e. The van der Waals surface area contributed by atoms with E-state index in [1.807, 2.05) is 13.0 Å². The molecule has 4 heteroatoms. The van der Waals surface area contributed by atoms with Gasteiger partial charge in [-0.2, -0.15) is 0 Å². The average Bonchev–Trinajstić information content (AvgIpc) is 3.22. The number of alkyl halides is 1. The number of nitrogens with zero attached hydrogens (tertiary/aromatic N) is 2. The minimum atomic E-state index is 0.0843. The van der Waals surface area contributed by atoms with Gasteiger partial charge in [-0.05, 0) is 51.7 Å². The molecule has 3 nitrogen and oxygen atoms in total. The molecule has 114 valence electrons. The fraction of sp³-hybridized carbons (Fsp3) is 0.588. The van der Waals surface area contributed by atoms with Gasteiger partial charge in [0.05, 0.1) is 12.1 Å². The molecule has 21 heavy (non-hydrogen) atoms. The quantitative estimate of drug-likeness (QED) is 0.741. The van der Waals surface area contributed by atoms with Crippen LogP contribution in [0.3, 0.4) is 0 Å². The van der Waals surface area contributed by atoms with E-state index in [0.717, 1.165) is 34.9 Å². The summed E-state index contributed by atoms with van der Waals surface area (Å²) >= 11 is 6.00. The number of ether oxygens (including phenoxy) is 1. The number of rotatable bonds is 6. The molecule has 0 aliphatic heterocycles. The zero-order chi connectivity index (χ0) is 15.0. The summed E-state index contributed by atoms with van der Waals surface area (Å²) in [7, 11) is 0. The molecule has 0 N–H and O–H groups in total. The predicted molar refractivity (Wildman–Crippen MR) is 87.4 cm³/mol. The van der Waals surface area contributed by atoms with Crippen molar-refractivity contribution in [3.63, 3.8) is 0 Å². The van der Waals surface area contributed by atoms with E-state index in [-0.39, 0.29) is 5.54 Å². The van der Waals surface area contributed by atoms with Crippen molar-refractivity contribution in [1.29, 1.82) is 0 Å². The summed E-state index contributed by atoms with van der Waals surface area (Å²) in [4.78, 5) is 4.85. The molecule has 1 aliphatic carbocycles. The van der Waals surface area contributed by atoms with Gasteiger partial charge in [0.1, 0.15) is 17.1 Å².